The molecular weight excluding hydrogens is 162 g/mol. The van der Waals surface area contributed by atoms with Gasteiger partial charge < -0.3 is 10.5 Å². The smallest absolute Gasteiger partial charge is 0.0534 e. The highest BCUT2D eigenvalue weighted by Gasteiger charge is 2.41. The fourth-order valence-corrected chi connectivity index (χ4v) is 2.20. The minimum atomic E-state index is 0.401. The molecule has 0 radical (unpaired) electrons. The van der Waals surface area contributed by atoms with Crippen LogP contribution in [0.2, 0.25) is 0 Å². The van der Waals surface area contributed by atoms with Crippen molar-refractivity contribution in [3.8, 4) is 0 Å². The highest BCUT2D eigenvalue weighted by molar-refractivity contribution is 4.93. The lowest BCUT2D eigenvalue weighted by molar-refractivity contribution is 0.0672. The predicted octanol–water partition coefficient (Wildman–Crippen LogP) is 1.93. The quantitative estimate of drug-likeness (QED) is 0.707. The molecule has 0 amide bonds. The molecule has 13 heavy (non-hydrogen) atoms. The van der Waals surface area contributed by atoms with Gasteiger partial charge in [0.25, 0.3) is 0 Å². The monoisotopic (exact) mass is 183 g/mol. The van der Waals surface area contributed by atoms with Crippen LogP contribution in [-0.2, 0) is 4.74 Å². The van der Waals surface area contributed by atoms with Crippen molar-refractivity contribution in [2.24, 2.45) is 17.1 Å². The van der Waals surface area contributed by atoms with Crippen LogP contribution >= 0.6 is 0 Å². The molecule has 0 atom stereocenters. The molecule has 2 aliphatic rings. The Morgan fingerprint density at radius 1 is 1.23 bits per heavy atom. The van der Waals surface area contributed by atoms with Gasteiger partial charge in [0.1, 0.15) is 0 Å². The molecule has 2 saturated carbocycles. The Bertz CT molecular complexity index is 159. The Labute approximate surface area is 80.8 Å². The van der Waals surface area contributed by atoms with Crippen molar-refractivity contribution in [1.29, 1.82) is 0 Å². The molecule has 0 saturated heterocycles. The largest absolute Gasteiger partial charge is 0.381 e. The number of hydrogen-bond acceptors (Lipinski definition) is 2. The molecule has 76 valence electrons. The molecule has 0 aromatic heterocycles. The van der Waals surface area contributed by atoms with Gasteiger partial charge >= 0.3 is 0 Å². The maximum atomic E-state index is 5.76. The van der Waals surface area contributed by atoms with Gasteiger partial charge in [-0.1, -0.05) is 12.8 Å². The zero-order valence-corrected chi connectivity index (χ0v) is 8.43. The molecule has 2 aliphatic carbocycles. The third kappa shape index (κ3) is 2.44. The Morgan fingerprint density at radius 2 is 1.92 bits per heavy atom. The Balaban J connectivity index is 1.58. The van der Waals surface area contributed by atoms with Crippen LogP contribution in [-0.4, -0.2) is 19.8 Å². The number of nitrogens with two attached hydrogens (primary N) is 1. The lowest BCUT2D eigenvalue weighted by Crippen LogP contribution is -2.22. The van der Waals surface area contributed by atoms with Crippen LogP contribution in [0.1, 0.15) is 38.5 Å². The van der Waals surface area contributed by atoms with Crippen molar-refractivity contribution in [2.75, 3.05) is 19.8 Å². The van der Waals surface area contributed by atoms with Crippen molar-refractivity contribution in [2.45, 2.75) is 38.5 Å². The second kappa shape index (κ2) is 3.97. The molecule has 0 aliphatic heterocycles. The van der Waals surface area contributed by atoms with Crippen molar-refractivity contribution >= 4 is 0 Å². The van der Waals surface area contributed by atoms with Crippen LogP contribution in [0.5, 0.6) is 0 Å². The SMILES string of the molecule is NCC1(COCC2CCCC2)CC1. The highest BCUT2D eigenvalue weighted by Crippen LogP contribution is 2.44. The second-order valence-corrected chi connectivity index (χ2v) is 4.87. The summed E-state index contributed by atoms with van der Waals surface area (Å²) in [7, 11) is 0. The summed E-state index contributed by atoms with van der Waals surface area (Å²) in [6.07, 6.45) is 8.17. The molecule has 2 nitrogen and oxygen atoms in total. The number of hydrogen-bond donors (Lipinski definition) is 1. The predicted molar refractivity (Wildman–Crippen MR) is 53.5 cm³/mol. The minimum Gasteiger partial charge on any atom is -0.381 e. The Kier molecular flexibility index (Phi) is 2.89. The van der Waals surface area contributed by atoms with Gasteiger partial charge in [-0.15, -0.1) is 0 Å². The summed E-state index contributed by atoms with van der Waals surface area (Å²) in [6, 6.07) is 0. The van der Waals surface area contributed by atoms with E-state index in [0.717, 1.165) is 25.7 Å². The molecule has 0 unspecified atom stereocenters. The summed E-state index contributed by atoms with van der Waals surface area (Å²) in [5, 5.41) is 0. The third-order valence-electron chi connectivity index (χ3n) is 3.63. The van der Waals surface area contributed by atoms with Crippen molar-refractivity contribution in [3.63, 3.8) is 0 Å². The molecule has 0 heterocycles. The summed E-state index contributed by atoms with van der Waals surface area (Å²) < 4.78 is 5.76. The van der Waals surface area contributed by atoms with Gasteiger partial charge in [0.2, 0.25) is 0 Å². The van der Waals surface area contributed by atoms with E-state index in [0.29, 0.717) is 5.41 Å². The fraction of sp³-hybridized carbons (Fsp3) is 1.00. The highest BCUT2D eigenvalue weighted by atomic mass is 16.5. The average Bonchev–Trinajstić information content (AvgIpc) is 2.74. The van der Waals surface area contributed by atoms with E-state index < -0.39 is 0 Å². The van der Waals surface area contributed by atoms with Gasteiger partial charge in [-0.05, 0) is 31.6 Å². The number of ether oxygens (including phenoxy) is 1. The van der Waals surface area contributed by atoms with Crippen LogP contribution in [0.15, 0.2) is 0 Å². The van der Waals surface area contributed by atoms with Crippen molar-refractivity contribution in [3.05, 3.63) is 0 Å². The average molecular weight is 183 g/mol. The third-order valence-corrected chi connectivity index (χ3v) is 3.63. The van der Waals surface area contributed by atoms with Crippen molar-refractivity contribution in [1.82, 2.24) is 0 Å². The van der Waals surface area contributed by atoms with Gasteiger partial charge in [0.05, 0.1) is 6.61 Å². The van der Waals surface area contributed by atoms with E-state index in [-0.39, 0.29) is 0 Å². The first-order valence-electron chi connectivity index (χ1n) is 5.62. The van der Waals surface area contributed by atoms with E-state index in [1.165, 1.54) is 38.5 Å². The molecule has 0 spiro atoms. The maximum Gasteiger partial charge on any atom is 0.0534 e. The van der Waals surface area contributed by atoms with E-state index in [2.05, 4.69) is 0 Å². The normalized spacial score (nSPS) is 26.5. The molecule has 0 aromatic carbocycles. The second-order valence-electron chi connectivity index (χ2n) is 4.87. The maximum absolute atomic E-state index is 5.76. The summed E-state index contributed by atoms with van der Waals surface area (Å²) in [4.78, 5) is 0. The van der Waals surface area contributed by atoms with Crippen LogP contribution < -0.4 is 5.73 Å². The van der Waals surface area contributed by atoms with Crippen LogP contribution in [0.25, 0.3) is 0 Å². The van der Waals surface area contributed by atoms with E-state index in [1.807, 2.05) is 0 Å². The van der Waals surface area contributed by atoms with Crippen LogP contribution in [0, 0.1) is 11.3 Å². The van der Waals surface area contributed by atoms with Gasteiger partial charge in [-0.25, -0.2) is 0 Å². The first kappa shape index (κ1) is 9.47. The minimum absolute atomic E-state index is 0.401. The van der Waals surface area contributed by atoms with E-state index in [9.17, 15) is 0 Å². The van der Waals surface area contributed by atoms with Crippen molar-refractivity contribution < 1.29 is 4.74 Å². The molecule has 0 aromatic rings. The van der Waals surface area contributed by atoms with Gasteiger partial charge in [0, 0.05) is 18.6 Å². The number of rotatable bonds is 5. The molecule has 2 fully saturated rings. The lowest BCUT2D eigenvalue weighted by Gasteiger charge is -2.15. The summed E-state index contributed by atoms with van der Waals surface area (Å²) in [5.41, 5.74) is 6.08. The fourth-order valence-electron chi connectivity index (χ4n) is 2.20. The topological polar surface area (TPSA) is 35.2 Å². The Morgan fingerprint density at radius 3 is 2.46 bits per heavy atom. The van der Waals surface area contributed by atoms with E-state index in [1.54, 1.807) is 0 Å². The van der Waals surface area contributed by atoms with E-state index >= 15 is 0 Å². The standard InChI is InChI=1S/C11H21NO/c12-8-11(5-6-11)9-13-7-10-3-1-2-4-10/h10H,1-9,12H2. The summed E-state index contributed by atoms with van der Waals surface area (Å²) >= 11 is 0. The lowest BCUT2D eigenvalue weighted by atomic mass is 10.1. The molecule has 2 N–H and O–H groups in total. The molecular formula is C11H21NO. The van der Waals surface area contributed by atoms with Gasteiger partial charge in [-0.2, -0.15) is 0 Å². The zero-order valence-electron chi connectivity index (χ0n) is 8.43. The summed E-state index contributed by atoms with van der Waals surface area (Å²) in [5.74, 6) is 0.855. The molecule has 0 bridgehead atoms. The first-order chi connectivity index (χ1) is 6.35. The van der Waals surface area contributed by atoms with Crippen LogP contribution in [0.3, 0.4) is 0 Å². The van der Waals surface area contributed by atoms with Crippen LogP contribution in [0.4, 0.5) is 0 Å². The molecule has 2 rings (SSSR count). The summed E-state index contributed by atoms with van der Waals surface area (Å²) in [6.45, 7) is 2.72. The van der Waals surface area contributed by atoms with E-state index in [4.69, 9.17) is 10.5 Å². The first-order valence-corrected chi connectivity index (χ1v) is 5.62. The van der Waals surface area contributed by atoms with Gasteiger partial charge in [0.15, 0.2) is 0 Å². The molecule has 2 heteroatoms. The van der Waals surface area contributed by atoms with Gasteiger partial charge in [-0.3, -0.25) is 0 Å². The Hall–Kier alpha value is -0.0800. The zero-order chi connectivity index (χ0) is 9.15.